The summed E-state index contributed by atoms with van der Waals surface area (Å²) in [5.74, 6) is 2.12. The molecule has 0 aliphatic heterocycles. The second-order valence-corrected chi connectivity index (χ2v) is 4.68. The molecule has 0 fully saturated rings. The minimum absolute atomic E-state index is 0.478. The number of hydrogen-bond donors (Lipinski definition) is 2. The van der Waals surface area contributed by atoms with Crippen LogP contribution in [0.3, 0.4) is 0 Å². The first kappa shape index (κ1) is 14.1. The third kappa shape index (κ3) is 2.81. The van der Waals surface area contributed by atoms with Crippen LogP contribution in [0.4, 0.5) is 17.3 Å². The number of hydrogen-bond acceptors (Lipinski definition) is 5. The molecule has 0 saturated carbocycles. The summed E-state index contributed by atoms with van der Waals surface area (Å²) in [4.78, 5) is 8.68. The lowest BCUT2D eigenvalue weighted by molar-refractivity contribution is 1.04. The van der Waals surface area contributed by atoms with Gasteiger partial charge in [0.05, 0.1) is 22.3 Å². The number of aromatic nitrogens is 2. The first-order valence-electron chi connectivity index (χ1n) is 6.05. The summed E-state index contributed by atoms with van der Waals surface area (Å²) in [5.41, 5.74) is 2.12. The van der Waals surface area contributed by atoms with Crippen molar-refractivity contribution in [2.45, 2.75) is 13.8 Å². The predicted octanol–water partition coefficient (Wildman–Crippen LogP) is 3.40. The third-order valence-electron chi connectivity index (χ3n) is 2.85. The maximum Gasteiger partial charge on any atom is 0.139 e. The molecule has 0 amide bonds. The molecule has 102 valence electrons. The van der Waals surface area contributed by atoms with Gasteiger partial charge in [-0.25, -0.2) is 9.97 Å². The van der Waals surface area contributed by atoms with Gasteiger partial charge in [-0.2, -0.15) is 5.26 Å². The van der Waals surface area contributed by atoms with Gasteiger partial charge in [0.25, 0.3) is 0 Å². The van der Waals surface area contributed by atoms with E-state index >= 15 is 0 Å². The van der Waals surface area contributed by atoms with E-state index in [2.05, 4.69) is 20.6 Å². The Hall–Kier alpha value is -2.32. The molecule has 0 bridgehead atoms. The van der Waals surface area contributed by atoms with Crippen LogP contribution in [0, 0.1) is 25.2 Å². The quantitative estimate of drug-likeness (QED) is 0.905. The van der Waals surface area contributed by atoms with Crippen LogP contribution in [0.1, 0.15) is 17.0 Å². The fourth-order valence-electron chi connectivity index (χ4n) is 1.81. The van der Waals surface area contributed by atoms with Crippen molar-refractivity contribution in [3.05, 3.63) is 40.2 Å². The topological polar surface area (TPSA) is 73.6 Å². The van der Waals surface area contributed by atoms with Gasteiger partial charge in [0.1, 0.15) is 17.5 Å². The van der Waals surface area contributed by atoms with Crippen molar-refractivity contribution in [1.29, 1.82) is 5.26 Å². The molecule has 20 heavy (non-hydrogen) atoms. The largest absolute Gasteiger partial charge is 0.373 e. The second-order valence-electron chi connectivity index (χ2n) is 4.27. The van der Waals surface area contributed by atoms with Gasteiger partial charge >= 0.3 is 0 Å². The van der Waals surface area contributed by atoms with Crippen LogP contribution in [0.2, 0.25) is 5.02 Å². The summed E-state index contributed by atoms with van der Waals surface area (Å²) < 4.78 is 0. The molecule has 6 heteroatoms. The van der Waals surface area contributed by atoms with E-state index in [0.717, 1.165) is 11.4 Å². The van der Waals surface area contributed by atoms with Crippen LogP contribution in [-0.2, 0) is 0 Å². The zero-order chi connectivity index (χ0) is 14.7. The molecule has 2 rings (SSSR count). The first-order chi connectivity index (χ1) is 9.55. The minimum Gasteiger partial charge on any atom is -0.373 e. The average Bonchev–Trinajstić information content (AvgIpc) is 2.44. The van der Waals surface area contributed by atoms with Gasteiger partial charge in [-0.1, -0.05) is 11.6 Å². The van der Waals surface area contributed by atoms with E-state index in [9.17, 15) is 0 Å². The zero-order valence-electron chi connectivity index (χ0n) is 11.5. The SMILES string of the molecule is CNc1nc(C)nc(Nc2ccc(C#N)cc2Cl)c1C. The molecule has 1 heterocycles. The lowest BCUT2D eigenvalue weighted by Crippen LogP contribution is -2.05. The van der Waals surface area contributed by atoms with Crippen molar-refractivity contribution >= 4 is 28.9 Å². The minimum atomic E-state index is 0.478. The van der Waals surface area contributed by atoms with E-state index in [1.165, 1.54) is 0 Å². The Morgan fingerprint density at radius 2 is 1.90 bits per heavy atom. The molecule has 0 aliphatic carbocycles. The molecule has 0 saturated heterocycles. The van der Waals surface area contributed by atoms with E-state index in [1.807, 2.05) is 27.0 Å². The van der Waals surface area contributed by atoms with Crippen LogP contribution in [0.15, 0.2) is 18.2 Å². The number of rotatable bonds is 3. The summed E-state index contributed by atoms with van der Waals surface area (Å²) in [6.45, 7) is 3.75. The van der Waals surface area contributed by atoms with Gasteiger partial charge in [-0.3, -0.25) is 0 Å². The Labute approximate surface area is 122 Å². The fraction of sp³-hybridized carbons (Fsp3) is 0.214. The van der Waals surface area contributed by atoms with Crippen molar-refractivity contribution in [2.75, 3.05) is 17.7 Å². The lowest BCUT2D eigenvalue weighted by atomic mass is 10.2. The normalized spacial score (nSPS) is 9.95. The number of halogens is 1. The molecule has 2 aromatic rings. The molecule has 0 atom stereocenters. The van der Waals surface area contributed by atoms with E-state index in [4.69, 9.17) is 16.9 Å². The number of aryl methyl sites for hydroxylation is 1. The highest BCUT2D eigenvalue weighted by Crippen LogP contribution is 2.28. The maximum atomic E-state index is 8.83. The van der Waals surface area contributed by atoms with E-state index in [1.54, 1.807) is 18.2 Å². The maximum absolute atomic E-state index is 8.83. The number of nitrogens with zero attached hydrogens (tertiary/aromatic N) is 3. The van der Waals surface area contributed by atoms with Gasteiger partial charge in [-0.05, 0) is 32.0 Å². The van der Waals surface area contributed by atoms with Crippen LogP contribution in [0.25, 0.3) is 0 Å². The Balaban J connectivity index is 2.40. The van der Waals surface area contributed by atoms with Gasteiger partial charge in [0.15, 0.2) is 0 Å². The standard InChI is InChI=1S/C14H14ClN5/c1-8-13(17-3)18-9(2)19-14(8)20-12-5-4-10(7-16)6-11(12)15/h4-6H,1-3H3,(H2,17,18,19,20). The summed E-state index contributed by atoms with van der Waals surface area (Å²) in [6.07, 6.45) is 0. The number of anilines is 3. The molecule has 0 unspecified atom stereocenters. The number of nitrogens with one attached hydrogen (secondary N) is 2. The van der Waals surface area contributed by atoms with Crippen LogP contribution < -0.4 is 10.6 Å². The highest BCUT2D eigenvalue weighted by molar-refractivity contribution is 6.33. The number of nitriles is 1. The second kappa shape index (κ2) is 5.76. The predicted molar refractivity (Wildman–Crippen MR) is 80.5 cm³/mol. The van der Waals surface area contributed by atoms with E-state index < -0.39 is 0 Å². The average molecular weight is 288 g/mol. The molecule has 2 N–H and O–H groups in total. The molecule has 1 aromatic heterocycles. The third-order valence-corrected chi connectivity index (χ3v) is 3.16. The Kier molecular flexibility index (Phi) is 4.06. The molecular weight excluding hydrogens is 274 g/mol. The molecule has 0 radical (unpaired) electrons. The fourth-order valence-corrected chi connectivity index (χ4v) is 2.03. The van der Waals surface area contributed by atoms with Crippen molar-refractivity contribution in [2.24, 2.45) is 0 Å². The summed E-state index contributed by atoms with van der Waals surface area (Å²) in [7, 11) is 1.81. The first-order valence-corrected chi connectivity index (χ1v) is 6.42. The Morgan fingerprint density at radius 3 is 2.50 bits per heavy atom. The molecule has 5 nitrogen and oxygen atoms in total. The molecular formula is C14H14ClN5. The Morgan fingerprint density at radius 1 is 1.20 bits per heavy atom. The molecule has 1 aromatic carbocycles. The van der Waals surface area contributed by atoms with Gasteiger partial charge in [0.2, 0.25) is 0 Å². The monoisotopic (exact) mass is 287 g/mol. The van der Waals surface area contributed by atoms with E-state index in [0.29, 0.717) is 27.9 Å². The van der Waals surface area contributed by atoms with E-state index in [-0.39, 0.29) is 0 Å². The number of benzene rings is 1. The smallest absolute Gasteiger partial charge is 0.139 e. The van der Waals surface area contributed by atoms with Crippen molar-refractivity contribution in [1.82, 2.24) is 9.97 Å². The summed E-state index contributed by atoms with van der Waals surface area (Å²) >= 11 is 6.15. The van der Waals surface area contributed by atoms with Crippen LogP contribution >= 0.6 is 11.6 Å². The summed E-state index contributed by atoms with van der Waals surface area (Å²) in [5, 5.41) is 15.5. The highest BCUT2D eigenvalue weighted by Gasteiger charge is 2.10. The molecule has 0 aliphatic rings. The highest BCUT2D eigenvalue weighted by atomic mass is 35.5. The van der Waals surface area contributed by atoms with Gasteiger partial charge < -0.3 is 10.6 Å². The zero-order valence-corrected chi connectivity index (χ0v) is 12.2. The molecule has 0 spiro atoms. The summed E-state index contributed by atoms with van der Waals surface area (Å²) in [6, 6.07) is 7.13. The van der Waals surface area contributed by atoms with Gasteiger partial charge in [0, 0.05) is 12.6 Å². The van der Waals surface area contributed by atoms with Gasteiger partial charge in [-0.15, -0.1) is 0 Å². The van der Waals surface area contributed by atoms with Crippen LogP contribution in [0.5, 0.6) is 0 Å². The Bertz CT molecular complexity index is 691. The van der Waals surface area contributed by atoms with Crippen molar-refractivity contribution in [3.63, 3.8) is 0 Å². The van der Waals surface area contributed by atoms with Crippen molar-refractivity contribution < 1.29 is 0 Å². The van der Waals surface area contributed by atoms with Crippen LogP contribution in [-0.4, -0.2) is 17.0 Å². The van der Waals surface area contributed by atoms with Crippen molar-refractivity contribution in [3.8, 4) is 6.07 Å². The lowest BCUT2D eigenvalue weighted by Gasteiger charge is -2.13.